The van der Waals surface area contributed by atoms with Crippen LogP contribution in [0, 0.1) is 18.2 Å². The molecule has 6 rings (SSSR count). The smallest absolute Gasteiger partial charge is 0.219 e. The molecule has 0 bridgehead atoms. The molecule has 1 spiro atoms. The number of carbonyl (C=O) groups excluding carboxylic acids is 1. The Morgan fingerprint density at radius 3 is 2.76 bits per heavy atom. The predicted octanol–water partition coefficient (Wildman–Crippen LogP) is 5.13. The second-order valence-corrected chi connectivity index (χ2v) is 11.4. The van der Waals surface area contributed by atoms with E-state index in [0.717, 1.165) is 72.4 Å². The maximum atomic E-state index is 14.4. The van der Waals surface area contributed by atoms with Gasteiger partial charge in [0.25, 0.3) is 0 Å². The molecule has 5 heterocycles. The number of amides is 1. The molecule has 0 aromatic carbocycles. The van der Waals surface area contributed by atoms with E-state index in [1.165, 1.54) is 17.8 Å². The number of nitrogen functional groups attached to an aromatic ring is 1. The van der Waals surface area contributed by atoms with Gasteiger partial charge in [-0.15, -0.1) is 0 Å². The average molecular weight is 520 g/mol. The number of halogens is 1. The summed E-state index contributed by atoms with van der Waals surface area (Å²) in [6, 6.07) is 5.34. The number of anilines is 1. The van der Waals surface area contributed by atoms with Gasteiger partial charge in [0.05, 0.1) is 24.1 Å². The number of hydrogen-bond donors (Lipinski definition) is 1. The zero-order valence-corrected chi connectivity index (χ0v) is 21.8. The summed E-state index contributed by atoms with van der Waals surface area (Å²) in [5, 5.41) is 9.52. The number of fused-ring (bicyclic) bond motifs is 1. The van der Waals surface area contributed by atoms with Crippen LogP contribution < -0.4 is 5.73 Å². The van der Waals surface area contributed by atoms with Gasteiger partial charge in [-0.3, -0.25) is 9.48 Å². The Morgan fingerprint density at radius 1 is 1.22 bits per heavy atom. The number of nitrogens with two attached hydrogens (primary N) is 1. The van der Waals surface area contributed by atoms with Crippen LogP contribution in [0.2, 0.25) is 0 Å². The van der Waals surface area contributed by atoms with E-state index >= 15 is 0 Å². The zero-order chi connectivity index (χ0) is 25.7. The molecule has 1 amide bonds. The third kappa shape index (κ3) is 4.27. The second-order valence-electron chi connectivity index (χ2n) is 10.4. The van der Waals surface area contributed by atoms with Gasteiger partial charge in [0, 0.05) is 54.1 Å². The minimum absolute atomic E-state index is 0.186. The topological polar surface area (TPSA) is 94.3 Å². The highest BCUT2D eigenvalue weighted by Crippen LogP contribution is 2.47. The van der Waals surface area contributed by atoms with Crippen molar-refractivity contribution in [2.24, 2.45) is 5.41 Å². The molecule has 4 aromatic heterocycles. The summed E-state index contributed by atoms with van der Waals surface area (Å²) >= 11 is 1.24. The van der Waals surface area contributed by atoms with Gasteiger partial charge >= 0.3 is 0 Å². The third-order valence-corrected chi connectivity index (χ3v) is 9.16. The molecule has 2 aliphatic rings. The fraction of sp³-hybridized carbons (Fsp3) is 0.407. The van der Waals surface area contributed by atoms with E-state index in [-0.39, 0.29) is 17.1 Å². The SMILES string of the molecule is CC(=O)N1CC[C@]2(CC[C@H](n3ncc(-c4cc(Sc5ncccc5F)c5c(N)cnn5c4)c3C)CC2)C1. The molecular formula is C27H30FN7OS. The Kier molecular flexibility index (Phi) is 5.94. The first-order chi connectivity index (χ1) is 17.8. The van der Waals surface area contributed by atoms with Crippen LogP contribution in [-0.2, 0) is 4.79 Å². The van der Waals surface area contributed by atoms with E-state index in [1.807, 2.05) is 23.4 Å². The van der Waals surface area contributed by atoms with E-state index in [2.05, 4.69) is 21.7 Å². The van der Waals surface area contributed by atoms with Gasteiger partial charge < -0.3 is 10.6 Å². The highest BCUT2D eigenvalue weighted by molar-refractivity contribution is 7.99. The first-order valence-corrected chi connectivity index (χ1v) is 13.5. The highest BCUT2D eigenvalue weighted by atomic mass is 32.2. The Hall–Kier alpha value is -3.40. The lowest BCUT2D eigenvalue weighted by Gasteiger charge is -2.37. The molecule has 8 nitrogen and oxygen atoms in total. The van der Waals surface area contributed by atoms with Crippen molar-refractivity contribution in [1.82, 2.24) is 29.3 Å². The van der Waals surface area contributed by atoms with Gasteiger partial charge in [-0.25, -0.2) is 13.9 Å². The number of rotatable bonds is 4. The van der Waals surface area contributed by atoms with E-state index < -0.39 is 0 Å². The van der Waals surface area contributed by atoms with Crippen LogP contribution in [0.15, 0.2) is 52.9 Å². The van der Waals surface area contributed by atoms with E-state index in [1.54, 1.807) is 29.9 Å². The summed E-state index contributed by atoms with van der Waals surface area (Å²) in [6.07, 6.45) is 12.5. The van der Waals surface area contributed by atoms with Crippen LogP contribution in [0.5, 0.6) is 0 Å². The molecule has 1 aliphatic carbocycles. The summed E-state index contributed by atoms with van der Waals surface area (Å²) in [5.41, 5.74) is 10.8. The molecule has 0 unspecified atom stereocenters. The van der Waals surface area contributed by atoms with Crippen molar-refractivity contribution in [3.05, 3.63) is 54.5 Å². The van der Waals surface area contributed by atoms with Crippen molar-refractivity contribution in [3.8, 4) is 11.1 Å². The van der Waals surface area contributed by atoms with E-state index in [4.69, 9.17) is 10.8 Å². The summed E-state index contributed by atoms with van der Waals surface area (Å²) in [5.74, 6) is -0.187. The van der Waals surface area contributed by atoms with Crippen LogP contribution in [-0.4, -0.2) is 48.3 Å². The Bertz CT molecular complexity index is 1490. The monoisotopic (exact) mass is 519 g/mol. The second kappa shape index (κ2) is 9.16. The van der Waals surface area contributed by atoms with Crippen LogP contribution >= 0.6 is 11.8 Å². The quantitative estimate of drug-likeness (QED) is 0.402. The van der Waals surface area contributed by atoms with Gasteiger partial charge in [-0.05, 0) is 62.6 Å². The number of aromatic nitrogens is 5. The van der Waals surface area contributed by atoms with Gasteiger partial charge in [-0.2, -0.15) is 10.2 Å². The molecule has 2 N–H and O–H groups in total. The van der Waals surface area contributed by atoms with Crippen LogP contribution in [0.1, 0.15) is 50.8 Å². The molecule has 0 radical (unpaired) electrons. The lowest BCUT2D eigenvalue weighted by atomic mass is 9.72. The molecule has 37 heavy (non-hydrogen) atoms. The van der Waals surface area contributed by atoms with E-state index in [0.29, 0.717) is 16.8 Å². The van der Waals surface area contributed by atoms with Crippen molar-refractivity contribution in [3.63, 3.8) is 0 Å². The van der Waals surface area contributed by atoms with Crippen molar-refractivity contribution < 1.29 is 9.18 Å². The average Bonchev–Trinajstić information content (AvgIpc) is 3.59. The fourth-order valence-electron chi connectivity index (χ4n) is 6.03. The summed E-state index contributed by atoms with van der Waals surface area (Å²) in [4.78, 5) is 18.8. The maximum Gasteiger partial charge on any atom is 0.219 e. The Balaban J connectivity index is 1.28. The minimum Gasteiger partial charge on any atom is -0.396 e. The molecular weight excluding hydrogens is 489 g/mol. The maximum absolute atomic E-state index is 14.4. The van der Waals surface area contributed by atoms with Crippen molar-refractivity contribution >= 4 is 28.9 Å². The molecule has 1 aliphatic heterocycles. The minimum atomic E-state index is -0.373. The van der Waals surface area contributed by atoms with Crippen LogP contribution in [0.4, 0.5) is 10.1 Å². The fourth-order valence-corrected chi connectivity index (χ4v) is 7.01. The lowest BCUT2D eigenvalue weighted by Crippen LogP contribution is -2.34. The molecule has 0 atom stereocenters. The Labute approximate surface area is 219 Å². The predicted molar refractivity (Wildman–Crippen MR) is 141 cm³/mol. The molecule has 2 fully saturated rings. The van der Waals surface area contributed by atoms with Gasteiger partial charge in [-0.1, -0.05) is 11.8 Å². The number of hydrogen-bond acceptors (Lipinski definition) is 6. The molecule has 10 heteroatoms. The van der Waals surface area contributed by atoms with Gasteiger partial charge in [0.1, 0.15) is 10.5 Å². The normalized spacial score (nSPS) is 21.8. The number of carbonyl (C=O) groups is 1. The largest absolute Gasteiger partial charge is 0.396 e. The summed E-state index contributed by atoms with van der Waals surface area (Å²) < 4.78 is 18.3. The molecule has 4 aromatic rings. The summed E-state index contributed by atoms with van der Waals surface area (Å²) in [6.45, 7) is 5.55. The molecule has 192 valence electrons. The van der Waals surface area contributed by atoms with Crippen molar-refractivity contribution in [1.29, 1.82) is 0 Å². The first-order valence-electron chi connectivity index (χ1n) is 12.7. The molecule has 1 saturated carbocycles. The lowest BCUT2D eigenvalue weighted by molar-refractivity contribution is -0.128. The number of likely N-dealkylation sites (tertiary alicyclic amines) is 1. The standard InChI is InChI=1S/C27H30FN7OS/c1-17-21(13-32-35(17)20-5-7-27(8-6-20)9-11-33(16-27)18(2)36)19-12-24(25-23(29)14-31-34(25)15-19)37-26-22(28)4-3-10-30-26/h3-4,10,12-15,20H,5-9,11,16,29H2,1-2H3/t20-,27+. The van der Waals surface area contributed by atoms with Crippen molar-refractivity contribution in [2.75, 3.05) is 18.8 Å². The summed E-state index contributed by atoms with van der Waals surface area (Å²) in [7, 11) is 0. The third-order valence-electron chi connectivity index (χ3n) is 8.14. The highest BCUT2D eigenvalue weighted by Gasteiger charge is 2.42. The first kappa shape index (κ1) is 24.0. The number of pyridine rings is 2. The zero-order valence-electron chi connectivity index (χ0n) is 21.0. The van der Waals surface area contributed by atoms with Gasteiger partial charge in [0.2, 0.25) is 5.91 Å². The van der Waals surface area contributed by atoms with E-state index in [9.17, 15) is 9.18 Å². The number of nitrogens with zero attached hydrogens (tertiary/aromatic N) is 6. The molecule has 1 saturated heterocycles. The van der Waals surface area contributed by atoms with Crippen molar-refractivity contribution in [2.45, 2.75) is 61.9 Å². The van der Waals surface area contributed by atoms with Crippen LogP contribution in [0.3, 0.4) is 0 Å². The Morgan fingerprint density at radius 2 is 2.03 bits per heavy atom. The van der Waals surface area contributed by atoms with Gasteiger partial charge in [0.15, 0.2) is 5.82 Å². The van der Waals surface area contributed by atoms with Crippen LogP contribution in [0.25, 0.3) is 16.6 Å².